The lowest BCUT2D eigenvalue weighted by atomic mass is 10.2. The SMILES string of the molecule is CN(C)CCn1ccc2cc(NC(=O)c3ccc(Sc4ccccn4)cc3)ccc21. The van der Waals surface area contributed by atoms with Gasteiger partial charge < -0.3 is 14.8 Å². The zero-order valence-corrected chi connectivity index (χ0v) is 17.9. The summed E-state index contributed by atoms with van der Waals surface area (Å²) in [6.45, 7) is 1.92. The van der Waals surface area contributed by atoms with Crippen molar-refractivity contribution >= 4 is 34.3 Å². The zero-order chi connectivity index (χ0) is 20.9. The van der Waals surface area contributed by atoms with Gasteiger partial charge in [-0.25, -0.2) is 4.98 Å². The highest BCUT2D eigenvalue weighted by molar-refractivity contribution is 7.99. The van der Waals surface area contributed by atoms with E-state index in [1.165, 1.54) is 5.52 Å². The maximum Gasteiger partial charge on any atom is 0.255 e. The van der Waals surface area contributed by atoms with E-state index in [9.17, 15) is 4.79 Å². The van der Waals surface area contributed by atoms with Crippen molar-refractivity contribution in [3.63, 3.8) is 0 Å². The van der Waals surface area contributed by atoms with Crippen LogP contribution in [0.25, 0.3) is 10.9 Å². The molecule has 1 amide bonds. The quantitative estimate of drug-likeness (QED) is 0.461. The molecule has 2 aromatic heterocycles. The molecule has 6 heteroatoms. The van der Waals surface area contributed by atoms with Crippen LogP contribution in [0.2, 0.25) is 0 Å². The summed E-state index contributed by atoms with van der Waals surface area (Å²) < 4.78 is 2.24. The molecule has 0 saturated carbocycles. The summed E-state index contributed by atoms with van der Waals surface area (Å²) in [5.41, 5.74) is 2.60. The van der Waals surface area contributed by atoms with Crippen LogP contribution in [0.15, 0.2) is 89.0 Å². The third kappa shape index (κ3) is 4.90. The summed E-state index contributed by atoms with van der Waals surface area (Å²) in [6.07, 6.45) is 3.87. The molecule has 0 saturated heterocycles. The van der Waals surface area contributed by atoms with E-state index in [4.69, 9.17) is 0 Å². The molecule has 0 fully saturated rings. The third-order valence-corrected chi connectivity index (χ3v) is 5.75. The molecule has 1 N–H and O–H groups in total. The van der Waals surface area contributed by atoms with Crippen LogP contribution in [-0.4, -0.2) is 41.0 Å². The summed E-state index contributed by atoms with van der Waals surface area (Å²) in [5, 5.41) is 5.05. The van der Waals surface area contributed by atoms with Gasteiger partial charge in [-0.15, -0.1) is 0 Å². The number of amides is 1. The van der Waals surface area contributed by atoms with Gasteiger partial charge >= 0.3 is 0 Å². The van der Waals surface area contributed by atoms with Gasteiger partial charge in [0.05, 0.1) is 0 Å². The lowest BCUT2D eigenvalue weighted by Gasteiger charge is -2.11. The molecule has 0 bridgehead atoms. The Labute approximate surface area is 180 Å². The molecule has 0 unspecified atom stereocenters. The molecule has 4 rings (SSSR count). The van der Waals surface area contributed by atoms with Crippen molar-refractivity contribution < 1.29 is 4.79 Å². The summed E-state index contributed by atoms with van der Waals surface area (Å²) in [4.78, 5) is 20.2. The molecule has 0 atom stereocenters. The Morgan fingerprint density at radius 2 is 1.90 bits per heavy atom. The Morgan fingerprint density at radius 3 is 2.63 bits per heavy atom. The van der Waals surface area contributed by atoms with Crippen LogP contribution < -0.4 is 5.32 Å². The lowest BCUT2D eigenvalue weighted by molar-refractivity contribution is 0.102. The molecule has 0 aliphatic heterocycles. The van der Waals surface area contributed by atoms with Crippen LogP contribution in [0.4, 0.5) is 5.69 Å². The molecule has 5 nitrogen and oxygen atoms in total. The molecule has 0 aliphatic rings. The second kappa shape index (κ2) is 9.15. The van der Waals surface area contributed by atoms with Crippen molar-refractivity contribution in [3.8, 4) is 0 Å². The standard InChI is InChI=1S/C24H24N4OS/c1-27(2)15-16-28-14-12-19-17-20(8-11-22(19)28)26-24(29)18-6-9-21(10-7-18)30-23-5-3-4-13-25-23/h3-14,17H,15-16H2,1-2H3,(H,26,29). The fourth-order valence-corrected chi connectivity index (χ4v) is 3.96. The van der Waals surface area contributed by atoms with E-state index in [1.54, 1.807) is 18.0 Å². The number of nitrogens with one attached hydrogen (secondary N) is 1. The van der Waals surface area contributed by atoms with Crippen LogP contribution in [-0.2, 0) is 6.54 Å². The first-order valence-electron chi connectivity index (χ1n) is 9.82. The highest BCUT2D eigenvalue weighted by Crippen LogP contribution is 2.26. The predicted octanol–water partition coefficient (Wildman–Crippen LogP) is 5.00. The van der Waals surface area contributed by atoms with Crippen LogP contribution in [0.1, 0.15) is 10.4 Å². The second-order valence-corrected chi connectivity index (χ2v) is 8.43. The van der Waals surface area contributed by atoms with Gasteiger partial charge in [-0.3, -0.25) is 4.79 Å². The van der Waals surface area contributed by atoms with Gasteiger partial charge in [0, 0.05) is 52.5 Å². The summed E-state index contributed by atoms with van der Waals surface area (Å²) in [6, 6.07) is 21.5. The number of aromatic nitrogens is 2. The molecule has 0 aliphatic carbocycles. The molecule has 0 spiro atoms. The van der Waals surface area contributed by atoms with Gasteiger partial charge in [0.15, 0.2) is 0 Å². The average molecular weight is 417 g/mol. The topological polar surface area (TPSA) is 50.2 Å². The van der Waals surface area contributed by atoms with E-state index < -0.39 is 0 Å². The second-order valence-electron chi connectivity index (χ2n) is 7.33. The molecule has 2 aromatic carbocycles. The van der Waals surface area contributed by atoms with Gasteiger partial charge in [-0.2, -0.15) is 0 Å². The molecular formula is C24H24N4OS. The highest BCUT2D eigenvalue weighted by atomic mass is 32.2. The Balaban J connectivity index is 1.42. The predicted molar refractivity (Wildman–Crippen MR) is 123 cm³/mol. The first-order valence-corrected chi connectivity index (χ1v) is 10.6. The van der Waals surface area contributed by atoms with E-state index >= 15 is 0 Å². The number of carbonyl (C=O) groups excluding carboxylic acids is 1. The Bertz CT molecular complexity index is 1140. The van der Waals surface area contributed by atoms with Gasteiger partial charge in [0.2, 0.25) is 0 Å². The third-order valence-electron chi connectivity index (χ3n) is 4.79. The van der Waals surface area contributed by atoms with Gasteiger partial charge in [-0.1, -0.05) is 17.8 Å². The van der Waals surface area contributed by atoms with E-state index in [1.807, 2.05) is 54.6 Å². The zero-order valence-electron chi connectivity index (χ0n) is 17.1. The summed E-state index contributed by atoms with van der Waals surface area (Å²) in [7, 11) is 4.15. The maximum absolute atomic E-state index is 12.7. The van der Waals surface area contributed by atoms with Crippen molar-refractivity contribution in [2.24, 2.45) is 0 Å². The van der Waals surface area contributed by atoms with Crippen molar-refractivity contribution in [1.82, 2.24) is 14.5 Å². The Morgan fingerprint density at radius 1 is 1.07 bits per heavy atom. The Kier molecular flexibility index (Phi) is 6.16. The van der Waals surface area contributed by atoms with Crippen molar-refractivity contribution in [2.45, 2.75) is 16.5 Å². The monoisotopic (exact) mass is 416 g/mol. The number of carbonyl (C=O) groups is 1. The van der Waals surface area contributed by atoms with Crippen LogP contribution in [0.3, 0.4) is 0 Å². The Hall–Kier alpha value is -3.09. The molecule has 2 heterocycles. The minimum atomic E-state index is -0.115. The fraction of sp³-hybridized carbons (Fsp3) is 0.167. The highest BCUT2D eigenvalue weighted by Gasteiger charge is 2.09. The summed E-state index contributed by atoms with van der Waals surface area (Å²) in [5.74, 6) is -0.115. The summed E-state index contributed by atoms with van der Waals surface area (Å²) >= 11 is 1.57. The van der Waals surface area contributed by atoms with E-state index in [-0.39, 0.29) is 5.91 Å². The largest absolute Gasteiger partial charge is 0.346 e. The van der Waals surface area contributed by atoms with E-state index in [2.05, 4.69) is 52.2 Å². The number of pyridine rings is 1. The smallest absolute Gasteiger partial charge is 0.255 e. The molecule has 0 radical (unpaired) electrons. The normalized spacial score (nSPS) is 11.2. The van der Waals surface area contributed by atoms with Gasteiger partial charge in [0.1, 0.15) is 5.03 Å². The van der Waals surface area contributed by atoms with Crippen LogP contribution in [0.5, 0.6) is 0 Å². The minimum absolute atomic E-state index is 0.115. The number of fused-ring (bicyclic) bond motifs is 1. The van der Waals surface area contributed by atoms with Crippen molar-refractivity contribution in [2.75, 3.05) is 26.0 Å². The van der Waals surface area contributed by atoms with Gasteiger partial charge in [-0.05, 0) is 74.8 Å². The van der Waals surface area contributed by atoms with Crippen molar-refractivity contribution in [3.05, 3.63) is 84.7 Å². The first kappa shape index (κ1) is 20.2. The number of hydrogen-bond donors (Lipinski definition) is 1. The number of nitrogens with zero attached hydrogens (tertiary/aromatic N) is 3. The molecular weight excluding hydrogens is 392 g/mol. The molecule has 152 valence electrons. The van der Waals surface area contributed by atoms with Crippen LogP contribution in [0, 0.1) is 0 Å². The lowest BCUT2D eigenvalue weighted by Crippen LogP contribution is -2.17. The average Bonchev–Trinajstić information content (AvgIpc) is 3.15. The number of anilines is 1. The number of hydrogen-bond acceptors (Lipinski definition) is 4. The number of benzene rings is 2. The van der Waals surface area contributed by atoms with Gasteiger partial charge in [0.25, 0.3) is 5.91 Å². The van der Waals surface area contributed by atoms with Crippen molar-refractivity contribution in [1.29, 1.82) is 0 Å². The maximum atomic E-state index is 12.7. The number of likely N-dealkylation sites (N-methyl/N-ethyl adjacent to an activating group) is 1. The minimum Gasteiger partial charge on any atom is -0.346 e. The first-order chi connectivity index (χ1) is 14.6. The molecule has 30 heavy (non-hydrogen) atoms. The van der Waals surface area contributed by atoms with E-state index in [0.29, 0.717) is 5.56 Å². The number of rotatable bonds is 7. The van der Waals surface area contributed by atoms with E-state index in [0.717, 1.165) is 34.1 Å². The molecule has 4 aromatic rings. The fourth-order valence-electron chi connectivity index (χ4n) is 3.19. The van der Waals surface area contributed by atoms with Crippen LogP contribution >= 0.6 is 11.8 Å².